The van der Waals surface area contributed by atoms with Gasteiger partial charge in [0.05, 0.1) is 17.1 Å². The average Bonchev–Trinajstić information content (AvgIpc) is 2.38. The number of anilines is 1. The van der Waals surface area contributed by atoms with E-state index in [1.54, 1.807) is 12.2 Å². The Morgan fingerprint density at radius 3 is 2.72 bits per heavy atom. The summed E-state index contributed by atoms with van der Waals surface area (Å²) in [6.45, 7) is 7.38. The van der Waals surface area contributed by atoms with E-state index >= 15 is 0 Å². The minimum Gasteiger partial charge on any atom is -0.405 e. The molecule has 0 bridgehead atoms. The van der Waals surface area contributed by atoms with Gasteiger partial charge >= 0.3 is 0 Å². The van der Waals surface area contributed by atoms with Gasteiger partial charge in [0.15, 0.2) is 0 Å². The Labute approximate surface area is 115 Å². The van der Waals surface area contributed by atoms with Gasteiger partial charge < -0.3 is 5.73 Å². The van der Waals surface area contributed by atoms with Gasteiger partial charge in [-0.05, 0) is 43.3 Å². The van der Waals surface area contributed by atoms with Crippen molar-refractivity contribution in [2.45, 2.75) is 0 Å². The van der Waals surface area contributed by atoms with Crippen LogP contribution in [0.3, 0.4) is 0 Å². The van der Waals surface area contributed by atoms with E-state index in [0.29, 0.717) is 11.4 Å². The van der Waals surface area contributed by atoms with Gasteiger partial charge in [-0.3, -0.25) is 10.0 Å². The van der Waals surface area contributed by atoms with Crippen molar-refractivity contribution in [2.24, 2.45) is 16.6 Å². The largest absolute Gasteiger partial charge is 0.405 e. The Morgan fingerprint density at radius 2 is 2.17 bits per heavy atom. The fourth-order valence-electron chi connectivity index (χ4n) is 1.29. The van der Waals surface area contributed by atoms with E-state index in [0.717, 1.165) is 10.2 Å². The third kappa shape index (κ3) is 3.58. The Bertz CT molecular complexity index is 505. The molecule has 18 heavy (non-hydrogen) atoms. The molecule has 4 N–H and O–H groups in total. The van der Waals surface area contributed by atoms with Crippen LogP contribution in [0.5, 0.6) is 0 Å². The van der Waals surface area contributed by atoms with Gasteiger partial charge in [0, 0.05) is 4.47 Å². The molecule has 1 rings (SSSR count). The third-order valence-corrected chi connectivity index (χ3v) is 2.70. The molecule has 0 amide bonds. The highest BCUT2D eigenvalue weighted by molar-refractivity contribution is 9.10. The first-order valence-electron chi connectivity index (χ1n) is 5.15. The summed E-state index contributed by atoms with van der Waals surface area (Å²) >= 11 is 3.39. The Kier molecular flexibility index (Phi) is 5.35. The fourth-order valence-corrected chi connectivity index (χ4v) is 1.68. The molecule has 0 aliphatic heterocycles. The first-order valence-corrected chi connectivity index (χ1v) is 5.94. The van der Waals surface area contributed by atoms with Crippen molar-refractivity contribution in [1.29, 1.82) is 0 Å². The fraction of sp³-hybridized carbons (Fsp3) is 0. The molecule has 0 radical (unpaired) electrons. The molecule has 0 atom stereocenters. The second-order valence-electron chi connectivity index (χ2n) is 3.39. The quantitative estimate of drug-likeness (QED) is 0.380. The number of halogens is 1. The zero-order valence-electron chi connectivity index (χ0n) is 9.88. The van der Waals surface area contributed by atoms with E-state index in [1.807, 2.05) is 24.3 Å². The van der Waals surface area contributed by atoms with Gasteiger partial charge in [-0.1, -0.05) is 28.6 Å². The lowest BCUT2D eigenvalue weighted by Gasteiger charge is -2.21. The molecule has 94 valence electrons. The van der Waals surface area contributed by atoms with Gasteiger partial charge in [-0.25, -0.2) is 5.84 Å². The lowest BCUT2D eigenvalue weighted by Crippen LogP contribution is -2.30. The average molecular weight is 307 g/mol. The van der Waals surface area contributed by atoms with E-state index in [2.05, 4.69) is 34.2 Å². The van der Waals surface area contributed by atoms with E-state index in [-0.39, 0.29) is 0 Å². The van der Waals surface area contributed by atoms with Crippen LogP contribution in [0, 0.1) is 0 Å². The Hall–Kier alpha value is -1.85. The van der Waals surface area contributed by atoms with Crippen LogP contribution in [-0.4, -0.2) is 6.72 Å². The maximum atomic E-state index is 5.98. The van der Waals surface area contributed by atoms with Crippen molar-refractivity contribution in [1.82, 2.24) is 0 Å². The van der Waals surface area contributed by atoms with E-state index in [9.17, 15) is 0 Å². The molecule has 0 unspecified atom stereocenters. The number of allylic oxidation sites excluding steroid dienone is 2. The van der Waals surface area contributed by atoms with Gasteiger partial charge in [0.2, 0.25) is 0 Å². The van der Waals surface area contributed by atoms with Crippen LogP contribution in [0.4, 0.5) is 5.69 Å². The van der Waals surface area contributed by atoms with Crippen LogP contribution in [0.1, 0.15) is 0 Å². The maximum absolute atomic E-state index is 5.98. The first kappa shape index (κ1) is 14.2. The van der Waals surface area contributed by atoms with Crippen LogP contribution in [0.15, 0.2) is 70.1 Å². The number of nitrogens with two attached hydrogens (primary N) is 2. The Balaban J connectivity index is 2.99. The highest BCUT2D eigenvalue weighted by atomic mass is 79.9. The molecule has 0 saturated carbocycles. The molecule has 4 nitrogen and oxygen atoms in total. The standard InChI is InChI=1S/C13H15BrN4/c1-10(13(17-2)7-4-8-15)18(16)12-6-3-5-11(14)9-12/h3-9H,1-2,15-16H2/b8-4-,13-7+. The molecule has 1 aromatic carbocycles. The molecule has 0 saturated heterocycles. The van der Waals surface area contributed by atoms with Crippen LogP contribution < -0.4 is 16.6 Å². The normalized spacial score (nSPS) is 11.6. The van der Waals surface area contributed by atoms with Crippen LogP contribution in [0.25, 0.3) is 0 Å². The van der Waals surface area contributed by atoms with Crippen LogP contribution in [-0.2, 0) is 0 Å². The van der Waals surface area contributed by atoms with Gasteiger partial charge in [-0.15, -0.1) is 0 Å². The molecule has 5 heteroatoms. The number of hydrogen-bond acceptors (Lipinski definition) is 4. The first-order chi connectivity index (χ1) is 8.60. The van der Waals surface area contributed by atoms with Crippen LogP contribution in [0.2, 0.25) is 0 Å². The van der Waals surface area contributed by atoms with Gasteiger partial charge in [0.25, 0.3) is 0 Å². The summed E-state index contributed by atoms with van der Waals surface area (Å²) in [5, 5.41) is 1.44. The van der Waals surface area contributed by atoms with E-state index in [1.165, 1.54) is 11.2 Å². The zero-order chi connectivity index (χ0) is 13.5. The van der Waals surface area contributed by atoms with Crippen molar-refractivity contribution >= 4 is 28.3 Å². The summed E-state index contributed by atoms with van der Waals surface area (Å²) in [5.74, 6) is 5.98. The minimum atomic E-state index is 0.529. The second kappa shape index (κ2) is 6.78. The number of hydrogen-bond donors (Lipinski definition) is 2. The molecular weight excluding hydrogens is 292 g/mol. The third-order valence-electron chi connectivity index (χ3n) is 2.21. The number of rotatable bonds is 5. The lowest BCUT2D eigenvalue weighted by molar-refractivity contribution is 1.00. The Morgan fingerprint density at radius 1 is 1.44 bits per heavy atom. The number of hydrazine groups is 1. The summed E-state index contributed by atoms with van der Waals surface area (Å²) in [4.78, 5) is 3.87. The maximum Gasteiger partial charge on any atom is 0.0868 e. The predicted molar refractivity (Wildman–Crippen MR) is 80.9 cm³/mol. The summed E-state index contributed by atoms with van der Waals surface area (Å²) in [5.41, 5.74) is 7.15. The molecule has 1 aromatic rings. The highest BCUT2D eigenvalue weighted by Crippen LogP contribution is 2.23. The van der Waals surface area contributed by atoms with Crippen LogP contribution >= 0.6 is 15.9 Å². The monoisotopic (exact) mass is 306 g/mol. The highest BCUT2D eigenvalue weighted by Gasteiger charge is 2.09. The molecule has 0 heterocycles. The predicted octanol–water partition coefficient (Wildman–Crippen LogP) is 2.70. The van der Waals surface area contributed by atoms with E-state index in [4.69, 9.17) is 11.6 Å². The number of benzene rings is 1. The summed E-state index contributed by atoms with van der Waals surface area (Å²) in [6.07, 6.45) is 4.73. The summed E-state index contributed by atoms with van der Waals surface area (Å²) < 4.78 is 0.933. The second-order valence-corrected chi connectivity index (χ2v) is 4.31. The molecular formula is C13H15BrN4. The molecule has 0 aliphatic carbocycles. The van der Waals surface area contributed by atoms with Crippen molar-refractivity contribution in [2.75, 3.05) is 5.01 Å². The smallest absolute Gasteiger partial charge is 0.0868 e. The topological polar surface area (TPSA) is 67.6 Å². The van der Waals surface area contributed by atoms with E-state index < -0.39 is 0 Å². The molecule has 0 spiro atoms. The minimum absolute atomic E-state index is 0.529. The van der Waals surface area contributed by atoms with Gasteiger partial charge in [0.1, 0.15) is 0 Å². The van der Waals surface area contributed by atoms with Crippen molar-refractivity contribution in [3.05, 3.63) is 65.1 Å². The SMILES string of the molecule is C=N/C(=C/C=C\N)C(=C)N(N)c1cccc(Br)c1. The van der Waals surface area contributed by atoms with Crippen molar-refractivity contribution < 1.29 is 0 Å². The molecule has 0 aromatic heterocycles. The number of aliphatic imine (C=N–C) groups is 1. The number of nitrogens with zero attached hydrogens (tertiary/aromatic N) is 2. The van der Waals surface area contributed by atoms with Gasteiger partial charge in [-0.2, -0.15) is 0 Å². The lowest BCUT2D eigenvalue weighted by atomic mass is 10.2. The summed E-state index contributed by atoms with van der Waals surface area (Å²) in [7, 11) is 0. The molecule has 0 fully saturated rings. The van der Waals surface area contributed by atoms with Crippen molar-refractivity contribution in [3.8, 4) is 0 Å². The summed E-state index contributed by atoms with van der Waals surface area (Å²) in [6, 6.07) is 7.55. The zero-order valence-corrected chi connectivity index (χ0v) is 11.5. The molecule has 0 aliphatic rings. The van der Waals surface area contributed by atoms with Crippen molar-refractivity contribution in [3.63, 3.8) is 0 Å².